The van der Waals surface area contributed by atoms with Crippen LogP contribution in [-0.2, 0) is 11.3 Å². The van der Waals surface area contributed by atoms with Crippen molar-refractivity contribution < 1.29 is 9.59 Å². The molecule has 0 saturated carbocycles. The number of Topliss-reactive ketones (excluding diaryl/α,β-unsaturated/α-hetero) is 1. The second-order valence-electron chi connectivity index (χ2n) is 6.86. The zero-order valence-electron chi connectivity index (χ0n) is 15.3. The number of carbonyl (C=O) groups is 2. The van der Waals surface area contributed by atoms with Crippen LogP contribution in [0.1, 0.15) is 47.3 Å². The normalized spacial score (nSPS) is 14.3. The third-order valence-electron chi connectivity index (χ3n) is 4.86. The summed E-state index contributed by atoms with van der Waals surface area (Å²) in [5.74, 6) is 0.0580. The van der Waals surface area contributed by atoms with Crippen LogP contribution in [0, 0.1) is 0 Å². The molecule has 0 aliphatic carbocycles. The molecule has 1 aromatic heterocycles. The molecule has 1 amide bonds. The topological polar surface area (TPSA) is 40.6 Å². The molecule has 0 bridgehead atoms. The third kappa shape index (κ3) is 4.94. The second-order valence-corrected chi connectivity index (χ2v) is 7.81. The molecule has 0 atom stereocenters. The van der Waals surface area contributed by atoms with Crippen LogP contribution in [0.5, 0.6) is 0 Å². The van der Waals surface area contributed by atoms with Crippen LogP contribution >= 0.6 is 11.3 Å². The van der Waals surface area contributed by atoms with Gasteiger partial charge in [-0.25, -0.2) is 0 Å². The molecule has 2 aromatic rings. The molecule has 1 fully saturated rings. The number of hydrogen-bond acceptors (Lipinski definition) is 4. The Labute approximate surface area is 159 Å². The van der Waals surface area contributed by atoms with E-state index in [9.17, 15) is 9.59 Å². The van der Waals surface area contributed by atoms with Crippen molar-refractivity contribution in [3.8, 4) is 0 Å². The first-order valence-corrected chi connectivity index (χ1v) is 10.2. The number of nitrogens with zero attached hydrogens (tertiary/aromatic N) is 2. The number of ketones is 1. The van der Waals surface area contributed by atoms with Gasteiger partial charge in [0.1, 0.15) is 0 Å². The molecule has 2 heterocycles. The highest BCUT2D eigenvalue weighted by Crippen LogP contribution is 2.21. The summed E-state index contributed by atoms with van der Waals surface area (Å²) >= 11 is 1.43. The van der Waals surface area contributed by atoms with Gasteiger partial charge >= 0.3 is 0 Å². The summed E-state index contributed by atoms with van der Waals surface area (Å²) in [6, 6.07) is 12.2. The van der Waals surface area contributed by atoms with Gasteiger partial charge in [-0.1, -0.05) is 18.2 Å². The molecule has 3 rings (SSSR count). The van der Waals surface area contributed by atoms with Crippen LogP contribution in [0.2, 0.25) is 0 Å². The number of piperidine rings is 1. The molecular formula is C21H26N2O2S. The van der Waals surface area contributed by atoms with Gasteiger partial charge in [-0.15, -0.1) is 11.3 Å². The van der Waals surface area contributed by atoms with E-state index in [0.717, 1.165) is 23.5 Å². The largest absolute Gasteiger partial charge is 0.372 e. The van der Waals surface area contributed by atoms with Crippen molar-refractivity contribution in [2.24, 2.45) is 0 Å². The maximum absolute atomic E-state index is 12.3. The number of anilines is 1. The lowest BCUT2D eigenvalue weighted by Gasteiger charge is -2.29. The fraction of sp³-hybridized carbons (Fsp3) is 0.429. The average Bonchev–Trinajstić information content (AvgIpc) is 3.22. The highest BCUT2D eigenvalue weighted by atomic mass is 32.1. The summed E-state index contributed by atoms with van der Waals surface area (Å²) in [6.45, 7) is 2.85. The monoisotopic (exact) mass is 370 g/mol. The first-order valence-electron chi connectivity index (χ1n) is 9.28. The van der Waals surface area contributed by atoms with Crippen molar-refractivity contribution in [2.45, 2.75) is 38.6 Å². The maximum atomic E-state index is 12.3. The first-order chi connectivity index (χ1) is 12.6. The summed E-state index contributed by atoms with van der Waals surface area (Å²) < 4.78 is 0. The van der Waals surface area contributed by atoms with Crippen LogP contribution in [-0.4, -0.2) is 36.7 Å². The predicted octanol–water partition coefficient (Wildman–Crippen LogP) is 4.36. The number of carbonyl (C=O) groups excluding carboxylic acids is 2. The summed E-state index contributed by atoms with van der Waals surface area (Å²) in [6.07, 6.45) is 4.40. The zero-order valence-corrected chi connectivity index (χ0v) is 16.1. The molecule has 5 heteroatoms. The number of hydrogen-bond donors (Lipinski definition) is 0. The lowest BCUT2D eigenvalue weighted by molar-refractivity contribution is -0.130. The smallest absolute Gasteiger partial charge is 0.223 e. The first kappa shape index (κ1) is 18.6. The average molecular weight is 371 g/mol. The molecule has 1 aromatic carbocycles. The minimum absolute atomic E-state index is 0.00927. The maximum Gasteiger partial charge on any atom is 0.223 e. The molecule has 138 valence electrons. The van der Waals surface area contributed by atoms with Crippen molar-refractivity contribution in [3.05, 3.63) is 52.2 Å². The summed E-state index contributed by atoms with van der Waals surface area (Å²) in [4.78, 5) is 29.2. The highest BCUT2D eigenvalue weighted by molar-refractivity contribution is 7.12. The molecule has 1 saturated heterocycles. The lowest BCUT2D eigenvalue weighted by Crippen LogP contribution is -2.29. The molecule has 1 aliphatic heterocycles. The zero-order chi connectivity index (χ0) is 18.4. The fourth-order valence-electron chi connectivity index (χ4n) is 3.30. The van der Waals surface area contributed by atoms with E-state index in [1.165, 1.54) is 36.3 Å². The lowest BCUT2D eigenvalue weighted by atomic mass is 10.1. The SMILES string of the molecule is CN(Cc1ccc(N2CCCCC2)cc1)C(=O)CCC(=O)c1cccs1. The summed E-state index contributed by atoms with van der Waals surface area (Å²) in [7, 11) is 1.80. The van der Waals surface area contributed by atoms with Gasteiger partial charge in [0, 0.05) is 45.2 Å². The molecule has 0 unspecified atom stereocenters. The quantitative estimate of drug-likeness (QED) is 0.680. The Hall–Kier alpha value is -2.14. The predicted molar refractivity (Wildman–Crippen MR) is 107 cm³/mol. The van der Waals surface area contributed by atoms with E-state index in [0.29, 0.717) is 6.54 Å². The second kappa shape index (κ2) is 8.99. The van der Waals surface area contributed by atoms with Crippen LogP contribution in [0.15, 0.2) is 41.8 Å². The van der Waals surface area contributed by atoms with E-state index < -0.39 is 0 Å². The molecular weight excluding hydrogens is 344 g/mol. The van der Waals surface area contributed by atoms with Gasteiger partial charge < -0.3 is 9.80 Å². The van der Waals surface area contributed by atoms with E-state index in [1.807, 2.05) is 17.5 Å². The van der Waals surface area contributed by atoms with E-state index >= 15 is 0 Å². The highest BCUT2D eigenvalue weighted by Gasteiger charge is 2.14. The number of thiophene rings is 1. The van der Waals surface area contributed by atoms with Crippen LogP contribution in [0.25, 0.3) is 0 Å². The minimum atomic E-state index is 0.00927. The van der Waals surface area contributed by atoms with Crippen molar-refractivity contribution in [3.63, 3.8) is 0 Å². The van der Waals surface area contributed by atoms with Crippen LogP contribution < -0.4 is 4.90 Å². The molecule has 0 spiro atoms. The van der Waals surface area contributed by atoms with Gasteiger partial charge in [-0.2, -0.15) is 0 Å². The molecule has 4 nitrogen and oxygen atoms in total. The Morgan fingerprint density at radius 1 is 1.04 bits per heavy atom. The third-order valence-corrected chi connectivity index (χ3v) is 5.78. The summed E-state index contributed by atoms with van der Waals surface area (Å²) in [5.41, 5.74) is 2.38. The standard InChI is InChI=1S/C21H26N2O2S/c1-22(21(25)12-11-19(24)20-6-5-15-26-20)16-17-7-9-18(10-8-17)23-13-3-2-4-14-23/h5-10,15H,2-4,11-14,16H2,1H3. The number of rotatable bonds is 7. The van der Waals surface area contributed by atoms with E-state index in [2.05, 4.69) is 29.2 Å². The van der Waals surface area contributed by atoms with Crippen molar-refractivity contribution in [2.75, 3.05) is 25.0 Å². The van der Waals surface area contributed by atoms with Gasteiger partial charge in [0.25, 0.3) is 0 Å². The Bertz CT molecular complexity index is 719. The Kier molecular flexibility index (Phi) is 6.45. The number of amides is 1. The van der Waals surface area contributed by atoms with Crippen molar-refractivity contribution in [1.82, 2.24) is 4.90 Å². The van der Waals surface area contributed by atoms with Gasteiger partial charge in [0.2, 0.25) is 5.91 Å². The molecule has 1 aliphatic rings. The Morgan fingerprint density at radius 3 is 2.42 bits per heavy atom. The van der Waals surface area contributed by atoms with E-state index in [1.54, 1.807) is 11.9 Å². The van der Waals surface area contributed by atoms with Gasteiger partial charge in [0.05, 0.1) is 4.88 Å². The van der Waals surface area contributed by atoms with E-state index in [4.69, 9.17) is 0 Å². The Morgan fingerprint density at radius 2 is 1.77 bits per heavy atom. The molecule has 0 radical (unpaired) electrons. The van der Waals surface area contributed by atoms with Gasteiger partial charge in [-0.05, 0) is 48.4 Å². The molecule has 0 N–H and O–H groups in total. The minimum Gasteiger partial charge on any atom is -0.372 e. The number of benzene rings is 1. The van der Waals surface area contributed by atoms with Crippen molar-refractivity contribution in [1.29, 1.82) is 0 Å². The van der Waals surface area contributed by atoms with Gasteiger partial charge in [-0.3, -0.25) is 9.59 Å². The summed E-state index contributed by atoms with van der Waals surface area (Å²) in [5, 5.41) is 1.88. The van der Waals surface area contributed by atoms with Crippen LogP contribution in [0.3, 0.4) is 0 Å². The van der Waals surface area contributed by atoms with Crippen molar-refractivity contribution >= 4 is 28.7 Å². The van der Waals surface area contributed by atoms with E-state index in [-0.39, 0.29) is 24.5 Å². The fourth-order valence-corrected chi connectivity index (χ4v) is 3.99. The molecule has 26 heavy (non-hydrogen) atoms. The van der Waals surface area contributed by atoms with Crippen LogP contribution in [0.4, 0.5) is 5.69 Å². The van der Waals surface area contributed by atoms with Gasteiger partial charge in [0.15, 0.2) is 5.78 Å². The Balaban J connectivity index is 1.48.